The van der Waals surface area contributed by atoms with Crippen molar-refractivity contribution in [3.63, 3.8) is 0 Å². The molecule has 0 aromatic heterocycles. The van der Waals surface area contributed by atoms with Gasteiger partial charge >= 0.3 is 0 Å². The first-order chi connectivity index (χ1) is 9.75. The molecule has 20 heavy (non-hydrogen) atoms. The maximum absolute atomic E-state index is 10.6. The van der Waals surface area contributed by atoms with E-state index in [1.807, 2.05) is 36.4 Å². The molecule has 2 rings (SSSR count). The maximum Gasteiger partial charge on any atom is 0.271 e. The Balaban J connectivity index is 1.92. The van der Waals surface area contributed by atoms with Crippen LogP contribution >= 0.6 is 0 Å². The van der Waals surface area contributed by atoms with Crippen LogP contribution in [0, 0.1) is 10.1 Å². The highest BCUT2D eigenvalue weighted by molar-refractivity contribution is 5.78. The normalized spacial score (nSPS) is 11.0. The summed E-state index contributed by atoms with van der Waals surface area (Å²) in [6, 6.07) is 16.0. The summed E-state index contributed by atoms with van der Waals surface area (Å²) >= 11 is 0. The first-order valence-electron chi connectivity index (χ1n) is 6.01. The number of rotatable bonds is 5. The number of nitrogens with one attached hydrogen (secondary N) is 1. The van der Waals surface area contributed by atoms with Crippen molar-refractivity contribution in [3.8, 4) is 0 Å². The van der Waals surface area contributed by atoms with Crippen LogP contribution in [-0.2, 0) is 0 Å². The Morgan fingerprint density at radius 3 is 2.65 bits per heavy atom. The molecule has 0 aliphatic heterocycles. The molecule has 0 saturated heterocycles. The number of hydrogen-bond acceptors (Lipinski definition) is 4. The van der Waals surface area contributed by atoms with Crippen LogP contribution in [0.3, 0.4) is 0 Å². The van der Waals surface area contributed by atoms with E-state index in [9.17, 15) is 10.1 Å². The lowest BCUT2D eigenvalue weighted by Gasteiger charge is -1.98. The third-order valence-electron chi connectivity index (χ3n) is 2.50. The van der Waals surface area contributed by atoms with E-state index in [1.165, 1.54) is 12.1 Å². The van der Waals surface area contributed by atoms with Gasteiger partial charge < -0.3 is 0 Å². The molecular formula is C15H13N3O2. The molecule has 2 aromatic rings. The van der Waals surface area contributed by atoms with Crippen LogP contribution in [0.2, 0.25) is 0 Å². The molecule has 0 bridgehead atoms. The molecule has 5 nitrogen and oxygen atoms in total. The minimum atomic E-state index is -0.440. The second-order valence-electron chi connectivity index (χ2n) is 3.97. The van der Waals surface area contributed by atoms with Gasteiger partial charge in [-0.3, -0.25) is 15.5 Å². The number of hydrogen-bond donors (Lipinski definition) is 1. The molecule has 5 heteroatoms. The van der Waals surface area contributed by atoms with Gasteiger partial charge in [0.05, 0.1) is 10.6 Å². The lowest BCUT2D eigenvalue weighted by atomic mass is 10.2. The van der Waals surface area contributed by atoms with Gasteiger partial charge in [0.1, 0.15) is 0 Å². The Hall–Kier alpha value is -2.95. The van der Waals surface area contributed by atoms with E-state index in [2.05, 4.69) is 10.5 Å². The molecule has 0 aliphatic carbocycles. The summed E-state index contributed by atoms with van der Waals surface area (Å²) in [6.07, 6.45) is 5.30. The maximum atomic E-state index is 10.6. The number of benzene rings is 2. The summed E-state index contributed by atoms with van der Waals surface area (Å²) in [5.74, 6) is 0. The number of hydrazone groups is 1. The van der Waals surface area contributed by atoms with E-state index >= 15 is 0 Å². The summed E-state index contributed by atoms with van der Waals surface area (Å²) in [6.45, 7) is 0. The summed E-state index contributed by atoms with van der Waals surface area (Å²) < 4.78 is 0. The number of non-ortho nitro benzene ring substituents is 1. The molecule has 2 aromatic carbocycles. The van der Waals surface area contributed by atoms with Crippen LogP contribution in [0.15, 0.2) is 65.8 Å². The topological polar surface area (TPSA) is 67.5 Å². The Morgan fingerprint density at radius 1 is 1.10 bits per heavy atom. The highest BCUT2D eigenvalue weighted by Crippen LogP contribution is 2.16. The molecule has 0 saturated carbocycles. The van der Waals surface area contributed by atoms with E-state index in [0.29, 0.717) is 5.69 Å². The number of nitro groups is 1. The fraction of sp³-hybridized carbons (Fsp3) is 0. The van der Waals surface area contributed by atoms with E-state index in [1.54, 1.807) is 24.4 Å². The third-order valence-corrected chi connectivity index (χ3v) is 2.50. The molecule has 0 radical (unpaired) electrons. The number of anilines is 1. The molecule has 0 unspecified atom stereocenters. The fourth-order valence-corrected chi connectivity index (χ4v) is 1.56. The molecule has 1 N–H and O–H groups in total. The summed E-state index contributed by atoms with van der Waals surface area (Å²) in [7, 11) is 0. The second-order valence-corrected chi connectivity index (χ2v) is 3.97. The van der Waals surface area contributed by atoms with Gasteiger partial charge in [0, 0.05) is 18.3 Å². The van der Waals surface area contributed by atoms with Gasteiger partial charge in [-0.1, -0.05) is 42.5 Å². The van der Waals surface area contributed by atoms with Crippen molar-refractivity contribution in [2.45, 2.75) is 0 Å². The monoisotopic (exact) mass is 267 g/mol. The van der Waals surface area contributed by atoms with Gasteiger partial charge in [-0.05, 0) is 17.7 Å². The predicted molar refractivity (Wildman–Crippen MR) is 80.7 cm³/mol. The van der Waals surface area contributed by atoms with Gasteiger partial charge in [0.15, 0.2) is 0 Å². The summed E-state index contributed by atoms with van der Waals surface area (Å²) in [5, 5.41) is 14.6. The zero-order valence-electron chi connectivity index (χ0n) is 10.6. The van der Waals surface area contributed by atoms with Crippen molar-refractivity contribution >= 4 is 23.7 Å². The van der Waals surface area contributed by atoms with Gasteiger partial charge in [0.2, 0.25) is 0 Å². The first kappa shape index (κ1) is 13.5. The van der Waals surface area contributed by atoms with E-state index in [-0.39, 0.29) is 5.69 Å². The molecule has 0 atom stereocenters. The molecule has 100 valence electrons. The highest BCUT2D eigenvalue weighted by Gasteiger charge is 2.04. The molecule has 0 spiro atoms. The summed E-state index contributed by atoms with van der Waals surface area (Å²) in [5.41, 5.74) is 4.42. The Morgan fingerprint density at radius 2 is 1.90 bits per heavy atom. The fourth-order valence-electron chi connectivity index (χ4n) is 1.56. The van der Waals surface area contributed by atoms with Gasteiger partial charge in [-0.2, -0.15) is 5.10 Å². The number of nitrogens with zero attached hydrogens (tertiary/aromatic N) is 2. The third kappa shape index (κ3) is 4.06. The predicted octanol–water partition coefficient (Wildman–Crippen LogP) is 3.71. The quantitative estimate of drug-likeness (QED) is 0.510. The average Bonchev–Trinajstić information content (AvgIpc) is 2.48. The zero-order valence-corrected chi connectivity index (χ0v) is 10.6. The standard InChI is InChI=1S/C15H13N3O2/c19-18(20)15-10-4-9-14(12-15)17-16-11-5-8-13-6-2-1-3-7-13/h1-12,17H. The Labute approximate surface area is 116 Å². The van der Waals surface area contributed by atoms with Crippen LogP contribution in [0.25, 0.3) is 6.08 Å². The molecular weight excluding hydrogens is 254 g/mol. The van der Waals surface area contributed by atoms with Crippen LogP contribution < -0.4 is 5.43 Å². The van der Waals surface area contributed by atoms with Crippen LogP contribution in [0.5, 0.6) is 0 Å². The number of nitro benzene ring substituents is 1. The van der Waals surface area contributed by atoms with Gasteiger partial charge in [-0.15, -0.1) is 0 Å². The Bertz CT molecular complexity index is 637. The van der Waals surface area contributed by atoms with Crippen molar-refractivity contribution in [2.75, 3.05) is 5.43 Å². The summed E-state index contributed by atoms with van der Waals surface area (Å²) in [4.78, 5) is 10.2. The van der Waals surface area contributed by atoms with E-state index in [0.717, 1.165) is 5.56 Å². The zero-order chi connectivity index (χ0) is 14.2. The van der Waals surface area contributed by atoms with Crippen LogP contribution in [0.1, 0.15) is 5.56 Å². The smallest absolute Gasteiger partial charge is 0.271 e. The second kappa shape index (κ2) is 6.84. The molecule has 0 aliphatic rings. The molecule has 0 amide bonds. The SMILES string of the molecule is O=[N+]([O-])c1cccc(NN=CC=Cc2ccccc2)c1. The van der Waals surface area contributed by atoms with Crippen molar-refractivity contribution in [1.82, 2.24) is 0 Å². The first-order valence-corrected chi connectivity index (χ1v) is 6.01. The van der Waals surface area contributed by atoms with Crippen molar-refractivity contribution in [1.29, 1.82) is 0 Å². The lowest BCUT2D eigenvalue weighted by molar-refractivity contribution is -0.384. The van der Waals surface area contributed by atoms with Crippen molar-refractivity contribution < 1.29 is 4.92 Å². The van der Waals surface area contributed by atoms with Crippen molar-refractivity contribution in [2.24, 2.45) is 5.10 Å². The molecule has 0 heterocycles. The van der Waals surface area contributed by atoms with Crippen LogP contribution in [0.4, 0.5) is 11.4 Å². The largest absolute Gasteiger partial charge is 0.278 e. The Kier molecular flexibility index (Phi) is 4.61. The van der Waals surface area contributed by atoms with E-state index < -0.39 is 4.92 Å². The minimum absolute atomic E-state index is 0.0324. The van der Waals surface area contributed by atoms with E-state index in [4.69, 9.17) is 0 Å². The lowest BCUT2D eigenvalue weighted by Crippen LogP contribution is -1.91. The van der Waals surface area contributed by atoms with Crippen LogP contribution in [-0.4, -0.2) is 11.1 Å². The van der Waals surface area contributed by atoms with Gasteiger partial charge in [-0.25, -0.2) is 0 Å². The average molecular weight is 267 g/mol. The minimum Gasteiger partial charge on any atom is -0.278 e. The highest BCUT2D eigenvalue weighted by atomic mass is 16.6. The molecule has 0 fully saturated rings. The van der Waals surface area contributed by atoms with Crippen molar-refractivity contribution in [3.05, 3.63) is 76.4 Å². The number of allylic oxidation sites excluding steroid dienone is 1. The van der Waals surface area contributed by atoms with Gasteiger partial charge in [0.25, 0.3) is 5.69 Å².